The van der Waals surface area contributed by atoms with Crippen LogP contribution in [0, 0.1) is 5.82 Å². The van der Waals surface area contributed by atoms with E-state index in [0.29, 0.717) is 0 Å². The summed E-state index contributed by atoms with van der Waals surface area (Å²) in [5.41, 5.74) is -0.239. The summed E-state index contributed by atoms with van der Waals surface area (Å²) in [6, 6.07) is 5.83. The first-order chi connectivity index (χ1) is 9.86. The van der Waals surface area contributed by atoms with Gasteiger partial charge >= 0.3 is 5.97 Å². The molecule has 0 spiro atoms. The highest BCUT2D eigenvalue weighted by atomic mass is 35.5. The minimum Gasteiger partial charge on any atom is -0.478 e. The third kappa shape index (κ3) is 3.68. The second-order valence-electron chi connectivity index (χ2n) is 3.96. The predicted molar refractivity (Wildman–Crippen MR) is 75.6 cm³/mol. The van der Waals surface area contributed by atoms with Crippen molar-refractivity contribution in [1.82, 2.24) is 4.98 Å². The molecule has 2 aromatic rings. The first-order valence-corrected chi connectivity index (χ1v) is 6.29. The average Bonchev–Trinajstić information content (AvgIpc) is 2.37. The van der Waals surface area contributed by atoms with Gasteiger partial charge in [0.25, 0.3) is 5.91 Å². The van der Waals surface area contributed by atoms with Crippen molar-refractivity contribution in [1.29, 1.82) is 0 Å². The Labute approximate surface area is 128 Å². The maximum absolute atomic E-state index is 13.5. The fourth-order valence-corrected chi connectivity index (χ4v) is 2.03. The SMILES string of the molecule is O=C(Nc1ccc(C(=O)O)c(F)c1)c1cc(Cl)nc(Cl)c1. The van der Waals surface area contributed by atoms with Gasteiger partial charge < -0.3 is 10.4 Å². The minimum absolute atomic E-state index is 0.0417. The Hall–Kier alpha value is -2.18. The van der Waals surface area contributed by atoms with Gasteiger partial charge in [0.15, 0.2) is 0 Å². The number of aromatic nitrogens is 1. The lowest BCUT2D eigenvalue weighted by Gasteiger charge is -2.07. The van der Waals surface area contributed by atoms with E-state index in [1.807, 2.05) is 0 Å². The number of carbonyl (C=O) groups excluding carboxylic acids is 1. The normalized spacial score (nSPS) is 10.2. The molecule has 0 saturated heterocycles. The van der Waals surface area contributed by atoms with Crippen LogP contribution < -0.4 is 5.32 Å². The number of carbonyl (C=O) groups is 2. The van der Waals surface area contributed by atoms with Gasteiger partial charge in [-0.15, -0.1) is 0 Å². The van der Waals surface area contributed by atoms with Crippen molar-refractivity contribution in [3.63, 3.8) is 0 Å². The highest BCUT2D eigenvalue weighted by Crippen LogP contribution is 2.18. The van der Waals surface area contributed by atoms with E-state index in [0.717, 1.165) is 12.1 Å². The molecule has 8 heteroatoms. The van der Waals surface area contributed by atoms with Crippen molar-refractivity contribution >= 4 is 40.8 Å². The van der Waals surface area contributed by atoms with E-state index in [2.05, 4.69) is 10.3 Å². The number of anilines is 1. The molecule has 5 nitrogen and oxygen atoms in total. The molecule has 21 heavy (non-hydrogen) atoms. The topological polar surface area (TPSA) is 79.3 Å². The molecule has 0 bridgehead atoms. The fraction of sp³-hybridized carbons (Fsp3) is 0. The molecule has 0 saturated carbocycles. The predicted octanol–water partition coefficient (Wildman–Crippen LogP) is 3.48. The number of hydrogen-bond donors (Lipinski definition) is 2. The van der Waals surface area contributed by atoms with Crippen molar-refractivity contribution in [2.45, 2.75) is 0 Å². The van der Waals surface area contributed by atoms with Crippen molar-refractivity contribution in [2.24, 2.45) is 0 Å². The molecule has 0 aliphatic rings. The Morgan fingerprint density at radius 1 is 1.14 bits per heavy atom. The van der Waals surface area contributed by atoms with Crippen LogP contribution in [0.3, 0.4) is 0 Å². The Morgan fingerprint density at radius 3 is 2.29 bits per heavy atom. The standard InChI is InChI=1S/C13H7Cl2FN2O3/c14-10-3-6(4-11(15)18-10)12(19)17-7-1-2-8(13(20)21)9(16)5-7/h1-5H,(H,17,19)(H,20,21). The maximum Gasteiger partial charge on any atom is 0.338 e. The fourth-order valence-electron chi connectivity index (χ4n) is 1.57. The second-order valence-corrected chi connectivity index (χ2v) is 4.73. The first kappa shape index (κ1) is 15.2. The Balaban J connectivity index is 2.23. The number of carboxylic acids is 1. The molecule has 0 unspecified atom stereocenters. The van der Waals surface area contributed by atoms with Crippen molar-refractivity contribution in [2.75, 3.05) is 5.32 Å². The van der Waals surface area contributed by atoms with Gasteiger partial charge in [0.2, 0.25) is 0 Å². The van der Waals surface area contributed by atoms with Gasteiger partial charge in [-0.2, -0.15) is 0 Å². The summed E-state index contributed by atoms with van der Waals surface area (Å²) < 4.78 is 13.5. The smallest absolute Gasteiger partial charge is 0.338 e. The highest BCUT2D eigenvalue weighted by molar-refractivity contribution is 6.33. The van der Waals surface area contributed by atoms with Gasteiger partial charge in [0.1, 0.15) is 16.1 Å². The zero-order valence-corrected chi connectivity index (χ0v) is 11.7. The number of carboxylic acid groups (broad SMARTS) is 1. The first-order valence-electron chi connectivity index (χ1n) is 5.54. The molecule has 2 N–H and O–H groups in total. The lowest BCUT2D eigenvalue weighted by Crippen LogP contribution is -2.13. The number of aromatic carboxylic acids is 1. The molecular weight excluding hydrogens is 322 g/mol. The van der Waals surface area contributed by atoms with Crippen molar-refractivity contribution in [3.05, 3.63) is 57.6 Å². The lowest BCUT2D eigenvalue weighted by atomic mass is 10.2. The van der Waals surface area contributed by atoms with E-state index in [1.54, 1.807) is 0 Å². The number of pyridine rings is 1. The molecule has 0 fully saturated rings. The summed E-state index contributed by atoms with van der Waals surface area (Å²) in [5.74, 6) is -2.92. The van der Waals surface area contributed by atoms with Gasteiger partial charge in [-0.1, -0.05) is 23.2 Å². The van der Waals surface area contributed by atoms with Crippen LogP contribution in [0.25, 0.3) is 0 Å². The zero-order valence-electron chi connectivity index (χ0n) is 10.2. The number of hydrogen-bond acceptors (Lipinski definition) is 3. The monoisotopic (exact) mass is 328 g/mol. The van der Waals surface area contributed by atoms with Gasteiger partial charge in [-0.3, -0.25) is 4.79 Å². The molecule has 0 radical (unpaired) electrons. The van der Waals surface area contributed by atoms with E-state index in [4.69, 9.17) is 28.3 Å². The second kappa shape index (κ2) is 6.07. The van der Waals surface area contributed by atoms with E-state index in [1.165, 1.54) is 18.2 Å². The Kier molecular flexibility index (Phi) is 4.40. The van der Waals surface area contributed by atoms with E-state index in [9.17, 15) is 14.0 Å². The summed E-state index contributed by atoms with van der Waals surface area (Å²) in [5, 5.41) is 11.2. The summed E-state index contributed by atoms with van der Waals surface area (Å²) >= 11 is 11.4. The third-order valence-corrected chi connectivity index (χ3v) is 2.87. The number of benzene rings is 1. The summed E-state index contributed by atoms with van der Waals surface area (Å²) in [6.45, 7) is 0. The molecule has 1 heterocycles. The van der Waals surface area contributed by atoms with Crippen LogP contribution in [-0.2, 0) is 0 Å². The molecule has 0 aliphatic heterocycles. The highest BCUT2D eigenvalue weighted by Gasteiger charge is 2.13. The Bertz CT molecular complexity index is 717. The van der Waals surface area contributed by atoms with Crippen LogP contribution in [0.2, 0.25) is 10.3 Å². The molecule has 1 aromatic carbocycles. The molecule has 2 rings (SSSR count). The van der Waals surface area contributed by atoms with E-state index in [-0.39, 0.29) is 21.6 Å². The molecule has 0 atom stereocenters. The molecule has 1 amide bonds. The molecule has 108 valence electrons. The number of amides is 1. The van der Waals surface area contributed by atoms with Crippen LogP contribution >= 0.6 is 23.2 Å². The van der Waals surface area contributed by atoms with Gasteiger partial charge in [0.05, 0.1) is 5.56 Å². The summed E-state index contributed by atoms with van der Waals surface area (Å²) in [6.07, 6.45) is 0. The lowest BCUT2D eigenvalue weighted by molar-refractivity contribution is 0.0692. The van der Waals surface area contributed by atoms with Crippen LogP contribution in [0.4, 0.5) is 10.1 Å². The van der Waals surface area contributed by atoms with Crippen LogP contribution in [0.15, 0.2) is 30.3 Å². The summed E-state index contributed by atoms with van der Waals surface area (Å²) in [4.78, 5) is 26.3. The van der Waals surface area contributed by atoms with Crippen molar-refractivity contribution < 1.29 is 19.1 Å². The Morgan fingerprint density at radius 2 is 1.76 bits per heavy atom. The number of rotatable bonds is 3. The van der Waals surface area contributed by atoms with Crippen molar-refractivity contribution in [3.8, 4) is 0 Å². The van der Waals surface area contributed by atoms with Crippen LogP contribution in [0.5, 0.6) is 0 Å². The molecule has 0 aliphatic carbocycles. The summed E-state index contributed by atoms with van der Waals surface area (Å²) in [7, 11) is 0. The zero-order chi connectivity index (χ0) is 15.6. The number of nitrogens with one attached hydrogen (secondary N) is 1. The number of halogens is 3. The van der Waals surface area contributed by atoms with Gasteiger partial charge in [-0.25, -0.2) is 14.2 Å². The maximum atomic E-state index is 13.5. The third-order valence-electron chi connectivity index (χ3n) is 2.48. The van der Waals surface area contributed by atoms with E-state index >= 15 is 0 Å². The quantitative estimate of drug-likeness (QED) is 0.845. The van der Waals surface area contributed by atoms with Gasteiger partial charge in [0, 0.05) is 11.3 Å². The van der Waals surface area contributed by atoms with Crippen LogP contribution in [0.1, 0.15) is 20.7 Å². The van der Waals surface area contributed by atoms with Crippen LogP contribution in [-0.4, -0.2) is 22.0 Å². The molecular formula is C13H7Cl2FN2O3. The van der Waals surface area contributed by atoms with Gasteiger partial charge in [-0.05, 0) is 30.3 Å². The number of nitrogens with zero attached hydrogens (tertiary/aromatic N) is 1. The van der Waals surface area contributed by atoms with E-state index < -0.39 is 23.3 Å². The average molecular weight is 329 g/mol. The minimum atomic E-state index is -1.39. The molecule has 1 aromatic heterocycles. The largest absolute Gasteiger partial charge is 0.478 e.